The number of esters is 1. The van der Waals surface area contributed by atoms with Gasteiger partial charge in [-0.05, 0) is 43.4 Å². The lowest BCUT2D eigenvalue weighted by molar-refractivity contribution is 0.0602. The lowest BCUT2D eigenvalue weighted by atomic mass is 10.1. The van der Waals surface area contributed by atoms with Crippen LogP contribution >= 0.6 is 0 Å². The van der Waals surface area contributed by atoms with E-state index >= 15 is 0 Å². The van der Waals surface area contributed by atoms with Gasteiger partial charge in [0.1, 0.15) is 0 Å². The minimum atomic E-state index is -0.387. The molecule has 1 fully saturated rings. The molecular formula is C15H22N2O2. The molecule has 0 unspecified atom stereocenters. The molecule has 1 aromatic carbocycles. The zero-order chi connectivity index (χ0) is 13.8. The molecule has 1 aliphatic rings. The highest BCUT2D eigenvalue weighted by Gasteiger charge is 2.20. The highest BCUT2D eigenvalue weighted by molar-refractivity contribution is 5.97. The number of nitrogens with one attached hydrogen (secondary N) is 1. The maximum Gasteiger partial charge on any atom is 0.340 e. The van der Waals surface area contributed by atoms with Crippen LogP contribution in [-0.2, 0) is 4.74 Å². The fourth-order valence-corrected chi connectivity index (χ4v) is 2.21. The molecule has 0 spiro atoms. The van der Waals surface area contributed by atoms with Crippen molar-refractivity contribution < 1.29 is 9.53 Å². The number of methoxy groups -OCH3 is 1. The largest absolute Gasteiger partial charge is 0.465 e. The second kappa shape index (κ2) is 5.95. The Morgan fingerprint density at radius 2 is 2.21 bits per heavy atom. The molecule has 104 valence electrons. The fraction of sp³-hybridized carbons (Fsp3) is 0.533. The van der Waals surface area contributed by atoms with Gasteiger partial charge in [0.15, 0.2) is 0 Å². The van der Waals surface area contributed by atoms with Crippen molar-refractivity contribution in [2.75, 3.05) is 24.7 Å². The van der Waals surface area contributed by atoms with Gasteiger partial charge >= 0.3 is 5.97 Å². The summed E-state index contributed by atoms with van der Waals surface area (Å²) in [7, 11) is 1.37. The number of hydrogen-bond donors (Lipinski definition) is 2. The molecule has 1 aromatic rings. The van der Waals surface area contributed by atoms with Crippen LogP contribution in [0.25, 0.3) is 0 Å². The predicted molar refractivity (Wildman–Crippen MR) is 77.4 cm³/mol. The Bertz CT molecular complexity index is 467. The Balaban J connectivity index is 1.98. The van der Waals surface area contributed by atoms with E-state index < -0.39 is 0 Å². The number of rotatable bonds is 6. The van der Waals surface area contributed by atoms with Gasteiger partial charge in [0, 0.05) is 17.9 Å². The van der Waals surface area contributed by atoms with Gasteiger partial charge in [-0.1, -0.05) is 12.8 Å². The molecule has 0 saturated heterocycles. The summed E-state index contributed by atoms with van der Waals surface area (Å²) in [6.45, 7) is 2.83. The Kier molecular flexibility index (Phi) is 4.30. The van der Waals surface area contributed by atoms with Crippen LogP contribution in [0.5, 0.6) is 0 Å². The van der Waals surface area contributed by atoms with Crippen molar-refractivity contribution in [3.8, 4) is 0 Å². The number of nitrogen functional groups attached to an aromatic ring is 1. The van der Waals surface area contributed by atoms with Crippen LogP contribution in [0.15, 0.2) is 12.1 Å². The van der Waals surface area contributed by atoms with E-state index in [4.69, 9.17) is 10.5 Å². The van der Waals surface area contributed by atoms with Gasteiger partial charge in [-0.3, -0.25) is 0 Å². The summed E-state index contributed by atoms with van der Waals surface area (Å²) in [5, 5.41) is 3.35. The van der Waals surface area contributed by atoms with E-state index in [1.807, 2.05) is 13.0 Å². The Morgan fingerprint density at radius 1 is 1.47 bits per heavy atom. The molecule has 0 atom stereocenters. The van der Waals surface area contributed by atoms with Gasteiger partial charge < -0.3 is 15.8 Å². The smallest absolute Gasteiger partial charge is 0.340 e. The Morgan fingerprint density at radius 3 is 2.84 bits per heavy atom. The van der Waals surface area contributed by atoms with Crippen molar-refractivity contribution in [1.82, 2.24) is 0 Å². The third-order valence-electron chi connectivity index (χ3n) is 3.61. The van der Waals surface area contributed by atoms with E-state index in [1.165, 1.54) is 32.8 Å². The van der Waals surface area contributed by atoms with Gasteiger partial charge in [-0.2, -0.15) is 0 Å². The van der Waals surface area contributed by atoms with Crippen LogP contribution in [0.2, 0.25) is 0 Å². The van der Waals surface area contributed by atoms with E-state index in [9.17, 15) is 4.79 Å². The normalized spacial score (nSPS) is 14.2. The van der Waals surface area contributed by atoms with Crippen molar-refractivity contribution in [2.24, 2.45) is 5.92 Å². The SMILES string of the molecule is COC(=O)c1cc(NCCCC2CC2)cc(C)c1N. The van der Waals surface area contributed by atoms with E-state index in [-0.39, 0.29) is 5.97 Å². The highest BCUT2D eigenvalue weighted by atomic mass is 16.5. The third kappa shape index (κ3) is 3.63. The van der Waals surface area contributed by atoms with E-state index in [0.29, 0.717) is 11.3 Å². The lowest BCUT2D eigenvalue weighted by Gasteiger charge is -2.12. The second-order valence-electron chi connectivity index (χ2n) is 5.26. The Labute approximate surface area is 114 Å². The summed E-state index contributed by atoms with van der Waals surface area (Å²) in [5.41, 5.74) is 8.66. The molecule has 4 nitrogen and oxygen atoms in total. The monoisotopic (exact) mass is 262 g/mol. The van der Waals surface area contributed by atoms with Gasteiger partial charge in [0.25, 0.3) is 0 Å². The standard InChI is InChI=1S/C15H22N2O2/c1-10-8-12(17-7-3-4-11-5-6-11)9-13(14(10)16)15(18)19-2/h8-9,11,17H,3-7,16H2,1-2H3. The molecule has 0 aromatic heterocycles. The fourth-order valence-electron chi connectivity index (χ4n) is 2.21. The molecule has 19 heavy (non-hydrogen) atoms. The number of carbonyl (C=O) groups excluding carboxylic acids is 1. The van der Waals surface area contributed by atoms with Gasteiger partial charge in [0.2, 0.25) is 0 Å². The van der Waals surface area contributed by atoms with Crippen molar-refractivity contribution >= 4 is 17.3 Å². The molecule has 0 radical (unpaired) electrons. The third-order valence-corrected chi connectivity index (χ3v) is 3.61. The first-order valence-corrected chi connectivity index (χ1v) is 6.84. The highest BCUT2D eigenvalue weighted by Crippen LogP contribution is 2.33. The second-order valence-corrected chi connectivity index (χ2v) is 5.26. The average Bonchev–Trinajstić information content (AvgIpc) is 3.21. The van der Waals surface area contributed by atoms with Crippen molar-refractivity contribution in [1.29, 1.82) is 0 Å². The molecule has 1 saturated carbocycles. The van der Waals surface area contributed by atoms with Crippen LogP contribution in [0.3, 0.4) is 0 Å². The zero-order valence-electron chi connectivity index (χ0n) is 11.7. The first-order valence-electron chi connectivity index (χ1n) is 6.84. The number of anilines is 2. The minimum Gasteiger partial charge on any atom is -0.465 e. The summed E-state index contributed by atoms with van der Waals surface area (Å²) in [6, 6.07) is 3.74. The lowest BCUT2D eigenvalue weighted by Crippen LogP contribution is -2.09. The molecule has 0 bridgehead atoms. The molecule has 0 heterocycles. The molecule has 2 rings (SSSR count). The maximum absolute atomic E-state index is 11.6. The molecule has 0 aliphatic heterocycles. The summed E-state index contributed by atoms with van der Waals surface area (Å²) in [4.78, 5) is 11.6. The van der Waals surface area contributed by atoms with Gasteiger partial charge in [-0.15, -0.1) is 0 Å². The molecule has 1 aliphatic carbocycles. The van der Waals surface area contributed by atoms with Crippen LogP contribution in [0.1, 0.15) is 41.6 Å². The van der Waals surface area contributed by atoms with Crippen molar-refractivity contribution in [3.63, 3.8) is 0 Å². The maximum atomic E-state index is 11.6. The molecular weight excluding hydrogens is 240 g/mol. The summed E-state index contributed by atoms with van der Waals surface area (Å²) < 4.78 is 4.75. The summed E-state index contributed by atoms with van der Waals surface area (Å²) in [6.07, 6.45) is 5.26. The molecule has 4 heteroatoms. The number of ether oxygens (including phenoxy) is 1. The van der Waals surface area contributed by atoms with Crippen molar-refractivity contribution in [2.45, 2.75) is 32.6 Å². The van der Waals surface area contributed by atoms with Gasteiger partial charge in [-0.25, -0.2) is 4.79 Å². The number of nitrogens with two attached hydrogens (primary N) is 1. The van der Waals surface area contributed by atoms with Crippen molar-refractivity contribution in [3.05, 3.63) is 23.3 Å². The Hall–Kier alpha value is -1.71. The summed E-state index contributed by atoms with van der Waals surface area (Å²) >= 11 is 0. The van der Waals surface area contributed by atoms with Crippen LogP contribution in [-0.4, -0.2) is 19.6 Å². The number of benzene rings is 1. The number of hydrogen-bond acceptors (Lipinski definition) is 4. The average molecular weight is 262 g/mol. The topological polar surface area (TPSA) is 64.3 Å². The summed E-state index contributed by atoms with van der Waals surface area (Å²) in [5.74, 6) is 0.572. The number of carbonyl (C=O) groups is 1. The predicted octanol–water partition coefficient (Wildman–Crippen LogP) is 2.97. The number of aryl methyl sites for hydroxylation is 1. The van der Waals surface area contributed by atoms with E-state index in [1.54, 1.807) is 6.07 Å². The first-order chi connectivity index (χ1) is 9.11. The zero-order valence-corrected chi connectivity index (χ0v) is 11.7. The van der Waals surface area contributed by atoms with Crippen LogP contribution < -0.4 is 11.1 Å². The van der Waals surface area contributed by atoms with Crippen LogP contribution in [0.4, 0.5) is 11.4 Å². The first kappa shape index (κ1) is 13.7. The molecule has 0 amide bonds. The van der Waals surface area contributed by atoms with Gasteiger partial charge in [0.05, 0.1) is 12.7 Å². The van der Waals surface area contributed by atoms with E-state index in [0.717, 1.165) is 23.7 Å². The molecule has 3 N–H and O–H groups in total. The minimum absolute atomic E-state index is 0.387. The quantitative estimate of drug-likeness (QED) is 0.470. The van der Waals surface area contributed by atoms with E-state index in [2.05, 4.69) is 5.32 Å². The van der Waals surface area contributed by atoms with Crippen LogP contribution in [0, 0.1) is 12.8 Å².